The number of benzene rings is 2. The molecule has 1 aliphatic rings. The maximum Gasteiger partial charge on any atom is 0.123 e. The Bertz CT molecular complexity index is 606. The molecule has 1 N–H and O–H groups in total. The highest BCUT2D eigenvalue weighted by Crippen LogP contribution is 2.33. The van der Waals surface area contributed by atoms with Gasteiger partial charge in [0.2, 0.25) is 0 Å². The van der Waals surface area contributed by atoms with Crippen molar-refractivity contribution in [3.05, 3.63) is 53.6 Å². The van der Waals surface area contributed by atoms with Crippen molar-refractivity contribution in [2.45, 2.75) is 32.9 Å². The van der Waals surface area contributed by atoms with E-state index in [9.17, 15) is 0 Å². The fourth-order valence-corrected chi connectivity index (χ4v) is 2.73. The Morgan fingerprint density at radius 3 is 2.85 bits per heavy atom. The predicted octanol–water partition coefficient (Wildman–Crippen LogP) is 3.79. The summed E-state index contributed by atoms with van der Waals surface area (Å²) in [5.74, 6) is 1.05. The standard InChI is InChI=1S/C18H21NO/c1-3-19-12-14-5-4-6-15(10-14)16-7-8-18-17(11-16)9-13(2)20-18/h4-8,10-11,13,19H,3,9,12H2,1-2H3. The van der Waals surface area contributed by atoms with E-state index in [0.29, 0.717) is 6.10 Å². The summed E-state index contributed by atoms with van der Waals surface area (Å²) in [5.41, 5.74) is 5.21. The molecular formula is C18H21NO. The zero-order valence-electron chi connectivity index (χ0n) is 12.1. The van der Waals surface area contributed by atoms with E-state index in [0.717, 1.165) is 25.3 Å². The van der Waals surface area contributed by atoms with E-state index in [1.807, 2.05) is 0 Å². The van der Waals surface area contributed by atoms with Crippen LogP contribution in [0.1, 0.15) is 25.0 Å². The summed E-state index contributed by atoms with van der Waals surface area (Å²) in [7, 11) is 0. The van der Waals surface area contributed by atoms with Gasteiger partial charge >= 0.3 is 0 Å². The van der Waals surface area contributed by atoms with Crippen LogP contribution in [-0.2, 0) is 13.0 Å². The van der Waals surface area contributed by atoms with Gasteiger partial charge in [-0.2, -0.15) is 0 Å². The van der Waals surface area contributed by atoms with E-state index in [2.05, 4.69) is 61.6 Å². The van der Waals surface area contributed by atoms with Gasteiger partial charge in [-0.25, -0.2) is 0 Å². The van der Waals surface area contributed by atoms with Crippen LogP contribution in [0.3, 0.4) is 0 Å². The number of hydrogen-bond acceptors (Lipinski definition) is 2. The van der Waals surface area contributed by atoms with Crippen LogP contribution in [0, 0.1) is 0 Å². The van der Waals surface area contributed by atoms with E-state index < -0.39 is 0 Å². The third kappa shape index (κ3) is 2.70. The number of nitrogens with one attached hydrogen (secondary N) is 1. The van der Waals surface area contributed by atoms with Crippen LogP contribution in [0.15, 0.2) is 42.5 Å². The van der Waals surface area contributed by atoms with Gasteiger partial charge in [0, 0.05) is 13.0 Å². The zero-order chi connectivity index (χ0) is 13.9. The van der Waals surface area contributed by atoms with Crippen molar-refractivity contribution in [2.75, 3.05) is 6.54 Å². The molecule has 104 valence electrons. The van der Waals surface area contributed by atoms with Crippen LogP contribution in [0.2, 0.25) is 0 Å². The number of hydrogen-bond donors (Lipinski definition) is 1. The Labute approximate surface area is 120 Å². The molecule has 2 aromatic carbocycles. The maximum atomic E-state index is 5.76. The van der Waals surface area contributed by atoms with Gasteiger partial charge in [0.05, 0.1) is 0 Å². The lowest BCUT2D eigenvalue weighted by molar-refractivity contribution is 0.254. The Kier molecular flexibility index (Phi) is 3.75. The lowest BCUT2D eigenvalue weighted by Gasteiger charge is -2.07. The average molecular weight is 267 g/mol. The monoisotopic (exact) mass is 267 g/mol. The highest BCUT2D eigenvalue weighted by atomic mass is 16.5. The molecular weight excluding hydrogens is 246 g/mol. The summed E-state index contributed by atoms with van der Waals surface area (Å²) in [6.07, 6.45) is 1.32. The summed E-state index contributed by atoms with van der Waals surface area (Å²) in [6.45, 7) is 6.18. The first-order valence-electron chi connectivity index (χ1n) is 7.36. The van der Waals surface area contributed by atoms with Gasteiger partial charge in [-0.05, 0) is 53.9 Å². The topological polar surface area (TPSA) is 21.3 Å². The van der Waals surface area contributed by atoms with Crippen LogP contribution in [0.5, 0.6) is 5.75 Å². The molecule has 0 bridgehead atoms. The van der Waals surface area contributed by atoms with Crippen LogP contribution in [0.4, 0.5) is 0 Å². The number of ether oxygens (including phenoxy) is 1. The molecule has 0 spiro atoms. The first-order valence-corrected chi connectivity index (χ1v) is 7.36. The molecule has 0 fully saturated rings. The minimum Gasteiger partial charge on any atom is -0.490 e. The second-order valence-electron chi connectivity index (χ2n) is 5.44. The van der Waals surface area contributed by atoms with Crippen molar-refractivity contribution in [1.82, 2.24) is 5.32 Å². The lowest BCUT2D eigenvalue weighted by atomic mass is 9.99. The third-order valence-corrected chi connectivity index (χ3v) is 3.74. The lowest BCUT2D eigenvalue weighted by Crippen LogP contribution is -2.11. The number of rotatable bonds is 4. The van der Waals surface area contributed by atoms with Crippen LogP contribution in [0.25, 0.3) is 11.1 Å². The largest absolute Gasteiger partial charge is 0.490 e. The van der Waals surface area contributed by atoms with Crippen molar-refractivity contribution in [3.63, 3.8) is 0 Å². The van der Waals surface area contributed by atoms with Crippen molar-refractivity contribution in [3.8, 4) is 16.9 Å². The second-order valence-corrected chi connectivity index (χ2v) is 5.44. The maximum absolute atomic E-state index is 5.76. The second kappa shape index (κ2) is 5.68. The molecule has 0 saturated heterocycles. The van der Waals surface area contributed by atoms with Gasteiger partial charge in [-0.15, -0.1) is 0 Å². The Morgan fingerprint density at radius 2 is 2.00 bits per heavy atom. The summed E-state index contributed by atoms with van der Waals surface area (Å²) in [6, 6.07) is 15.3. The molecule has 0 aliphatic carbocycles. The number of fused-ring (bicyclic) bond motifs is 1. The minimum absolute atomic E-state index is 0.306. The van der Waals surface area contributed by atoms with Crippen LogP contribution in [-0.4, -0.2) is 12.6 Å². The fraction of sp³-hybridized carbons (Fsp3) is 0.333. The molecule has 1 heterocycles. The molecule has 0 amide bonds. The first kappa shape index (κ1) is 13.2. The Morgan fingerprint density at radius 1 is 1.15 bits per heavy atom. The van der Waals surface area contributed by atoms with Gasteiger partial charge in [0.25, 0.3) is 0 Å². The van der Waals surface area contributed by atoms with Crippen LogP contribution >= 0.6 is 0 Å². The highest BCUT2D eigenvalue weighted by Gasteiger charge is 2.19. The zero-order valence-corrected chi connectivity index (χ0v) is 12.1. The van der Waals surface area contributed by atoms with Crippen molar-refractivity contribution in [2.24, 2.45) is 0 Å². The van der Waals surface area contributed by atoms with Crippen LogP contribution < -0.4 is 10.1 Å². The Hall–Kier alpha value is -1.80. The molecule has 0 radical (unpaired) electrons. The quantitative estimate of drug-likeness (QED) is 0.910. The van der Waals surface area contributed by atoms with Gasteiger partial charge in [0.1, 0.15) is 11.9 Å². The summed E-state index contributed by atoms with van der Waals surface area (Å²) >= 11 is 0. The predicted molar refractivity (Wildman–Crippen MR) is 83.1 cm³/mol. The van der Waals surface area contributed by atoms with E-state index in [-0.39, 0.29) is 0 Å². The van der Waals surface area contributed by atoms with Gasteiger partial charge in [-0.3, -0.25) is 0 Å². The molecule has 3 rings (SSSR count). The fourth-order valence-electron chi connectivity index (χ4n) is 2.73. The molecule has 1 unspecified atom stereocenters. The van der Waals surface area contributed by atoms with E-state index in [1.54, 1.807) is 0 Å². The molecule has 20 heavy (non-hydrogen) atoms. The van der Waals surface area contributed by atoms with E-state index in [4.69, 9.17) is 4.74 Å². The molecule has 1 atom stereocenters. The van der Waals surface area contributed by atoms with E-state index in [1.165, 1.54) is 22.3 Å². The summed E-state index contributed by atoms with van der Waals surface area (Å²) in [4.78, 5) is 0. The average Bonchev–Trinajstić information content (AvgIpc) is 2.84. The Balaban J connectivity index is 1.88. The molecule has 0 saturated carbocycles. The van der Waals surface area contributed by atoms with Gasteiger partial charge in [-0.1, -0.05) is 31.2 Å². The molecule has 2 nitrogen and oxygen atoms in total. The van der Waals surface area contributed by atoms with Crippen molar-refractivity contribution < 1.29 is 4.74 Å². The minimum atomic E-state index is 0.306. The van der Waals surface area contributed by atoms with Crippen molar-refractivity contribution >= 4 is 0 Å². The summed E-state index contributed by atoms with van der Waals surface area (Å²) in [5, 5.41) is 3.37. The normalized spacial score (nSPS) is 16.8. The molecule has 0 aromatic heterocycles. The molecule has 1 aliphatic heterocycles. The smallest absolute Gasteiger partial charge is 0.123 e. The SMILES string of the molecule is CCNCc1cccc(-c2ccc3c(c2)CC(C)O3)c1. The van der Waals surface area contributed by atoms with Gasteiger partial charge < -0.3 is 10.1 Å². The van der Waals surface area contributed by atoms with Crippen molar-refractivity contribution in [1.29, 1.82) is 0 Å². The highest BCUT2D eigenvalue weighted by molar-refractivity contribution is 5.66. The first-order chi connectivity index (χ1) is 9.76. The van der Waals surface area contributed by atoms with E-state index >= 15 is 0 Å². The third-order valence-electron chi connectivity index (χ3n) is 3.74. The summed E-state index contributed by atoms with van der Waals surface area (Å²) < 4.78 is 5.76. The molecule has 2 aromatic rings. The molecule has 2 heteroatoms. The van der Waals surface area contributed by atoms with Gasteiger partial charge in [0.15, 0.2) is 0 Å².